The largest absolute Gasteiger partial charge is 0.447 e. The van der Waals surface area contributed by atoms with Gasteiger partial charge in [-0.15, -0.1) is 0 Å². The Balaban J connectivity index is 1.20. The van der Waals surface area contributed by atoms with Crippen molar-refractivity contribution in [3.05, 3.63) is 18.1 Å². The maximum atomic E-state index is 12.5. The number of aliphatic hydroxyl groups is 2. The van der Waals surface area contributed by atoms with Crippen LogP contribution in [0.15, 0.2) is 0 Å². The summed E-state index contributed by atoms with van der Waals surface area (Å²) < 4.78 is 12.0. The number of aliphatic hydroxyl groups excluding tert-OH is 2. The molecule has 7 fully saturated rings. The summed E-state index contributed by atoms with van der Waals surface area (Å²) in [6, 6.07) is 0. The first-order valence-electron chi connectivity index (χ1n) is 15.2. The van der Waals surface area contributed by atoms with E-state index in [2.05, 4.69) is 34.6 Å². The van der Waals surface area contributed by atoms with Crippen LogP contribution in [-0.2, 0) is 9.47 Å². The van der Waals surface area contributed by atoms with Crippen molar-refractivity contribution in [3.63, 3.8) is 0 Å². The lowest BCUT2D eigenvalue weighted by molar-refractivity contribution is -0.125. The summed E-state index contributed by atoms with van der Waals surface area (Å²) in [5, 5.41) is 23.2. The van der Waals surface area contributed by atoms with Gasteiger partial charge in [-0.25, -0.2) is 4.79 Å². The Hall–Kier alpha value is -0.850. The van der Waals surface area contributed by atoms with E-state index >= 15 is 0 Å². The van der Waals surface area contributed by atoms with Gasteiger partial charge in [0.15, 0.2) is 0 Å². The minimum Gasteiger partial charge on any atom is -0.447 e. The van der Waals surface area contributed by atoms with Gasteiger partial charge in [-0.3, -0.25) is 4.90 Å². The van der Waals surface area contributed by atoms with Gasteiger partial charge in [-0.2, -0.15) is 0 Å². The highest BCUT2D eigenvalue weighted by atomic mass is 16.6. The summed E-state index contributed by atoms with van der Waals surface area (Å²) >= 11 is 0. The molecule has 1 amide bonds. The number of amides is 1. The summed E-state index contributed by atoms with van der Waals surface area (Å²) in [4.78, 5) is 14.3. The van der Waals surface area contributed by atoms with Gasteiger partial charge < -0.3 is 19.7 Å². The third-order valence-corrected chi connectivity index (χ3v) is 13.9. The molecule has 38 heavy (non-hydrogen) atoms. The molecule has 0 aromatic rings. The Bertz CT molecular complexity index is 1040. The van der Waals surface area contributed by atoms with Crippen molar-refractivity contribution in [2.45, 2.75) is 118 Å². The van der Waals surface area contributed by atoms with E-state index in [1.54, 1.807) is 10.8 Å². The molecule has 2 heterocycles. The SMILES string of the molecule is C[C@@H]1C[C](CN2C(=O)OCC2(C)C)O[C]2[C@H]1[C@@]1(C)CC[C@@]34C[C@@]35CCC(O)C(C)(C)[C@@H]5CC[C]4[C@]1(C)[C@H]2O. The first-order chi connectivity index (χ1) is 17.7. The molecule has 211 valence electrons. The number of carbonyl (C=O) groups excluding carboxylic acids is 1. The first-order valence-corrected chi connectivity index (χ1v) is 15.2. The zero-order chi connectivity index (χ0) is 27.3. The van der Waals surface area contributed by atoms with Crippen LogP contribution in [0.2, 0.25) is 0 Å². The van der Waals surface area contributed by atoms with Crippen LogP contribution in [0.5, 0.6) is 0 Å². The van der Waals surface area contributed by atoms with Gasteiger partial charge in [0, 0.05) is 11.3 Å². The van der Waals surface area contributed by atoms with Crippen molar-refractivity contribution in [3.8, 4) is 0 Å². The van der Waals surface area contributed by atoms with Crippen LogP contribution in [0.3, 0.4) is 0 Å². The standard InChI is InChI=1S/C32H48NO5/c1-18-14-19(15-33-26(36)37-17-27(33,2)3)38-24-23(18)29(6)12-13-32-16-31(32)11-10-22(34)28(4,5)20(31)8-9-21(32)30(29,7)25(24)35/h18,20,22-23,25,34-35H,8-17H2,1-7H3/t18-,20+,22?,23+,25+,29-,30-,31-,32+/m1/s1. The highest BCUT2D eigenvalue weighted by Gasteiger charge is 2.85. The van der Waals surface area contributed by atoms with Gasteiger partial charge in [0.25, 0.3) is 0 Å². The maximum Gasteiger partial charge on any atom is 0.410 e. The zero-order valence-corrected chi connectivity index (χ0v) is 24.5. The summed E-state index contributed by atoms with van der Waals surface area (Å²) in [6.07, 6.45) is 9.22. The zero-order valence-electron chi connectivity index (χ0n) is 24.5. The quantitative estimate of drug-likeness (QED) is 0.484. The Morgan fingerprint density at radius 2 is 1.76 bits per heavy atom. The predicted octanol–water partition coefficient (Wildman–Crippen LogP) is 5.68. The van der Waals surface area contributed by atoms with E-state index in [0.717, 1.165) is 50.7 Å². The first kappa shape index (κ1) is 26.1. The van der Waals surface area contributed by atoms with Crippen LogP contribution in [0.25, 0.3) is 0 Å². The van der Waals surface area contributed by atoms with E-state index in [9.17, 15) is 15.0 Å². The molecule has 0 aromatic carbocycles. The van der Waals surface area contributed by atoms with E-state index in [-0.39, 0.29) is 45.3 Å². The van der Waals surface area contributed by atoms with Gasteiger partial charge >= 0.3 is 6.09 Å². The van der Waals surface area contributed by atoms with Gasteiger partial charge in [-0.05, 0) is 105 Å². The molecule has 0 bridgehead atoms. The summed E-state index contributed by atoms with van der Waals surface area (Å²) in [7, 11) is 0. The molecule has 2 spiro atoms. The lowest BCUT2D eigenvalue weighted by atomic mass is 9.41. The number of ether oxygens (including phenoxy) is 2. The van der Waals surface area contributed by atoms with Crippen LogP contribution in [0, 0.1) is 63.0 Å². The van der Waals surface area contributed by atoms with Gasteiger partial charge in [-0.1, -0.05) is 34.6 Å². The highest BCUT2D eigenvalue weighted by molar-refractivity contribution is 5.71. The summed E-state index contributed by atoms with van der Waals surface area (Å²) in [5.41, 5.74) is -0.235. The molecular formula is C32H48NO5. The average molecular weight is 527 g/mol. The van der Waals surface area contributed by atoms with Crippen LogP contribution < -0.4 is 0 Å². The number of cyclic esters (lactones) is 1. The normalized spacial score (nSPS) is 53.4. The molecule has 7 aliphatic rings. The molecule has 1 unspecified atom stereocenters. The van der Waals surface area contributed by atoms with E-state index in [1.165, 1.54) is 12.8 Å². The average Bonchev–Trinajstić information content (AvgIpc) is 3.40. The fourth-order valence-electron chi connectivity index (χ4n) is 11.7. The number of carbonyl (C=O) groups is 1. The number of nitrogens with zero attached hydrogens (tertiary/aromatic N) is 1. The van der Waals surface area contributed by atoms with Crippen molar-refractivity contribution in [1.82, 2.24) is 4.90 Å². The van der Waals surface area contributed by atoms with Crippen molar-refractivity contribution in [2.24, 2.45) is 44.8 Å². The number of fused-ring (bicyclic) bond motifs is 4. The van der Waals surface area contributed by atoms with Gasteiger partial charge in [0.05, 0.1) is 24.3 Å². The fourth-order valence-corrected chi connectivity index (χ4v) is 11.7. The van der Waals surface area contributed by atoms with Crippen molar-refractivity contribution >= 4 is 6.09 Å². The fraction of sp³-hybridized carbons (Fsp3) is 0.875. The molecule has 6 heteroatoms. The van der Waals surface area contributed by atoms with E-state index in [4.69, 9.17) is 9.47 Å². The minimum atomic E-state index is -0.627. The number of hydrogen-bond acceptors (Lipinski definition) is 5. The molecule has 7 rings (SSSR count). The molecule has 2 aliphatic heterocycles. The number of rotatable bonds is 2. The number of hydrogen-bond donors (Lipinski definition) is 2. The van der Waals surface area contributed by atoms with Gasteiger partial charge in [0.2, 0.25) is 0 Å². The molecule has 3 radical (unpaired) electrons. The van der Waals surface area contributed by atoms with Crippen molar-refractivity contribution in [1.29, 1.82) is 0 Å². The molecule has 9 atom stereocenters. The van der Waals surface area contributed by atoms with Gasteiger partial charge in [0.1, 0.15) is 18.8 Å². The van der Waals surface area contributed by atoms with Crippen LogP contribution >= 0.6 is 0 Å². The molecule has 5 aliphatic carbocycles. The second-order valence-corrected chi connectivity index (χ2v) is 16.0. The Kier molecular flexibility index (Phi) is 5.15. The van der Waals surface area contributed by atoms with E-state index in [1.807, 2.05) is 13.8 Å². The monoisotopic (exact) mass is 526 g/mol. The topological polar surface area (TPSA) is 79.2 Å². The third-order valence-electron chi connectivity index (χ3n) is 13.9. The highest BCUT2D eigenvalue weighted by Crippen LogP contribution is 2.90. The molecule has 5 saturated carbocycles. The summed E-state index contributed by atoms with van der Waals surface area (Å²) in [6.45, 7) is 16.6. The van der Waals surface area contributed by atoms with Crippen LogP contribution in [0.4, 0.5) is 4.79 Å². The minimum absolute atomic E-state index is 0.0422. The smallest absolute Gasteiger partial charge is 0.410 e. The Morgan fingerprint density at radius 1 is 1.03 bits per heavy atom. The van der Waals surface area contributed by atoms with E-state index in [0.29, 0.717) is 30.4 Å². The lowest BCUT2D eigenvalue weighted by Crippen LogP contribution is -2.58. The molecule has 6 nitrogen and oxygen atoms in total. The van der Waals surface area contributed by atoms with E-state index < -0.39 is 6.10 Å². The summed E-state index contributed by atoms with van der Waals surface area (Å²) in [5.74, 6) is 2.74. The Labute approximate surface area is 229 Å². The third kappa shape index (κ3) is 2.79. The Morgan fingerprint density at radius 3 is 2.45 bits per heavy atom. The molecule has 0 aromatic heterocycles. The molecule has 2 N–H and O–H groups in total. The second-order valence-electron chi connectivity index (χ2n) is 16.0. The lowest BCUT2D eigenvalue weighted by Gasteiger charge is -2.63. The van der Waals surface area contributed by atoms with Crippen molar-refractivity contribution < 1.29 is 24.5 Å². The predicted molar refractivity (Wildman–Crippen MR) is 143 cm³/mol. The van der Waals surface area contributed by atoms with Crippen molar-refractivity contribution in [2.75, 3.05) is 13.2 Å². The van der Waals surface area contributed by atoms with Crippen LogP contribution in [0.1, 0.15) is 99.8 Å². The van der Waals surface area contributed by atoms with Crippen LogP contribution in [-0.4, -0.2) is 52.1 Å². The second kappa shape index (κ2) is 7.50. The maximum absolute atomic E-state index is 12.5. The molecular weight excluding hydrogens is 478 g/mol. The molecule has 2 saturated heterocycles.